The first kappa shape index (κ1) is 12.2. The van der Waals surface area contributed by atoms with Gasteiger partial charge in [0.2, 0.25) is 0 Å². The van der Waals surface area contributed by atoms with Crippen molar-refractivity contribution in [3.8, 4) is 0 Å². The molecule has 1 rings (SSSR count). The van der Waals surface area contributed by atoms with E-state index < -0.39 is 4.92 Å². The van der Waals surface area contributed by atoms with Crippen LogP contribution >= 0.6 is 0 Å². The van der Waals surface area contributed by atoms with E-state index >= 15 is 0 Å². The van der Waals surface area contributed by atoms with Crippen molar-refractivity contribution in [3.05, 3.63) is 46.0 Å². The SMILES string of the molecule is Cc1ccc([N+](=O)[O-])cc1NC/C=C/CN. The van der Waals surface area contributed by atoms with Gasteiger partial charge < -0.3 is 11.1 Å². The van der Waals surface area contributed by atoms with Gasteiger partial charge in [0, 0.05) is 30.9 Å². The Kier molecular flexibility index (Phi) is 4.47. The van der Waals surface area contributed by atoms with Gasteiger partial charge in [0.1, 0.15) is 0 Å². The first-order chi connectivity index (χ1) is 7.65. The van der Waals surface area contributed by atoms with Crippen LogP contribution in [0.2, 0.25) is 0 Å². The molecule has 3 N–H and O–H groups in total. The van der Waals surface area contributed by atoms with E-state index in [4.69, 9.17) is 5.73 Å². The summed E-state index contributed by atoms with van der Waals surface area (Å²) >= 11 is 0. The molecule has 16 heavy (non-hydrogen) atoms. The Balaban J connectivity index is 2.74. The maximum atomic E-state index is 10.6. The number of hydrogen-bond donors (Lipinski definition) is 2. The zero-order chi connectivity index (χ0) is 12.0. The van der Waals surface area contributed by atoms with E-state index in [-0.39, 0.29) is 5.69 Å². The standard InChI is InChI=1S/C11H15N3O2/c1-9-4-5-10(14(15)16)8-11(9)13-7-3-2-6-12/h2-5,8,13H,6-7,12H2,1H3/b3-2+. The van der Waals surface area contributed by atoms with Gasteiger partial charge in [0.25, 0.3) is 5.69 Å². The summed E-state index contributed by atoms with van der Waals surface area (Å²) in [7, 11) is 0. The fourth-order valence-electron chi connectivity index (χ4n) is 1.26. The second-order valence-corrected chi connectivity index (χ2v) is 3.34. The Morgan fingerprint density at radius 3 is 2.88 bits per heavy atom. The van der Waals surface area contributed by atoms with Gasteiger partial charge in [0.15, 0.2) is 0 Å². The molecular formula is C11H15N3O2. The second-order valence-electron chi connectivity index (χ2n) is 3.34. The highest BCUT2D eigenvalue weighted by Gasteiger charge is 2.07. The molecule has 0 fully saturated rings. The van der Waals surface area contributed by atoms with Crippen LogP contribution in [-0.4, -0.2) is 18.0 Å². The summed E-state index contributed by atoms with van der Waals surface area (Å²) in [5, 5.41) is 13.7. The first-order valence-electron chi connectivity index (χ1n) is 4.99. The minimum absolute atomic E-state index is 0.0934. The zero-order valence-electron chi connectivity index (χ0n) is 9.14. The lowest BCUT2D eigenvalue weighted by molar-refractivity contribution is -0.384. The number of hydrogen-bond acceptors (Lipinski definition) is 4. The van der Waals surface area contributed by atoms with E-state index in [1.165, 1.54) is 12.1 Å². The number of nitrogens with two attached hydrogens (primary N) is 1. The van der Waals surface area contributed by atoms with Crippen molar-refractivity contribution in [1.29, 1.82) is 0 Å². The molecule has 5 heteroatoms. The van der Waals surface area contributed by atoms with Crippen molar-refractivity contribution in [2.75, 3.05) is 18.4 Å². The lowest BCUT2D eigenvalue weighted by Gasteiger charge is -2.06. The summed E-state index contributed by atoms with van der Waals surface area (Å²) in [5.74, 6) is 0. The Labute approximate surface area is 94.1 Å². The summed E-state index contributed by atoms with van der Waals surface area (Å²) < 4.78 is 0. The van der Waals surface area contributed by atoms with Gasteiger partial charge in [-0.2, -0.15) is 0 Å². The monoisotopic (exact) mass is 221 g/mol. The number of rotatable bonds is 5. The van der Waals surface area contributed by atoms with E-state index in [0.717, 1.165) is 11.3 Å². The Morgan fingerprint density at radius 2 is 2.25 bits per heavy atom. The van der Waals surface area contributed by atoms with Crippen molar-refractivity contribution in [1.82, 2.24) is 0 Å². The molecule has 0 amide bonds. The third kappa shape index (κ3) is 3.36. The van der Waals surface area contributed by atoms with E-state index in [9.17, 15) is 10.1 Å². The predicted octanol–water partition coefficient (Wildman–Crippen LogP) is 1.83. The molecule has 0 atom stereocenters. The van der Waals surface area contributed by atoms with Gasteiger partial charge in [-0.25, -0.2) is 0 Å². The third-order valence-corrected chi connectivity index (χ3v) is 2.15. The highest BCUT2D eigenvalue weighted by atomic mass is 16.6. The average Bonchev–Trinajstić information content (AvgIpc) is 2.26. The van der Waals surface area contributed by atoms with Crippen LogP contribution in [0.5, 0.6) is 0 Å². The van der Waals surface area contributed by atoms with Gasteiger partial charge in [-0.15, -0.1) is 0 Å². The molecule has 0 bridgehead atoms. The summed E-state index contributed by atoms with van der Waals surface area (Å²) in [4.78, 5) is 10.2. The van der Waals surface area contributed by atoms with Gasteiger partial charge in [-0.05, 0) is 12.5 Å². The summed E-state index contributed by atoms with van der Waals surface area (Å²) in [6.45, 7) is 3.01. The minimum Gasteiger partial charge on any atom is -0.381 e. The number of non-ortho nitro benzene ring substituents is 1. The second kappa shape index (κ2) is 5.87. The van der Waals surface area contributed by atoms with Crippen LogP contribution in [0.1, 0.15) is 5.56 Å². The third-order valence-electron chi connectivity index (χ3n) is 2.15. The van der Waals surface area contributed by atoms with Crippen LogP contribution < -0.4 is 11.1 Å². The van der Waals surface area contributed by atoms with Crippen LogP contribution in [0.3, 0.4) is 0 Å². The fraction of sp³-hybridized carbons (Fsp3) is 0.273. The summed E-state index contributed by atoms with van der Waals surface area (Å²) in [5.41, 5.74) is 7.14. The Morgan fingerprint density at radius 1 is 1.50 bits per heavy atom. The molecule has 0 unspecified atom stereocenters. The van der Waals surface area contributed by atoms with Crippen LogP contribution in [0.4, 0.5) is 11.4 Å². The number of nitrogens with zero attached hydrogens (tertiary/aromatic N) is 1. The molecule has 0 saturated heterocycles. The van der Waals surface area contributed by atoms with E-state index in [0.29, 0.717) is 13.1 Å². The normalized spacial score (nSPS) is 10.6. The fourth-order valence-corrected chi connectivity index (χ4v) is 1.26. The van der Waals surface area contributed by atoms with Gasteiger partial charge >= 0.3 is 0 Å². The van der Waals surface area contributed by atoms with Gasteiger partial charge in [-0.3, -0.25) is 10.1 Å². The first-order valence-corrected chi connectivity index (χ1v) is 4.99. The largest absolute Gasteiger partial charge is 0.381 e. The van der Waals surface area contributed by atoms with Crippen molar-refractivity contribution in [2.45, 2.75) is 6.92 Å². The van der Waals surface area contributed by atoms with E-state index in [1.54, 1.807) is 6.07 Å². The maximum absolute atomic E-state index is 10.6. The predicted molar refractivity (Wildman–Crippen MR) is 64.5 cm³/mol. The highest BCUT2D eigenvalue weighted by molar-refractivity contribution is 5.57. The van der Waals surface area contributed by atoms with Crippen LogP contribution in [-0.2, 0) is 0 Å². The molecule has 0 radical (unpaired) electrons. The van der Waals surface area contributed by atoms with Crippen LogP contribution in [0, 0.1) is 17.0 Å². The minimum atomic E-state index is -0.402. The Bertz CT molecular complexity index is 402. The number of nitro groups is 1. The number of benzene rings is 1. The van der Waals surface area contributed by atoms with Crippen molar-refractivity contribution < 1.29 is 4.92 Å². The van der Waals surface area contributed by atoms with Crippen LogP contribution in [0.25, 0.3) is 0 Å². The quantitative estimate of drug-likeness (QED) is 0.451. The van der Waals surface area contributed by atoms with Crippen LogP contribution in [0.15, 0.2) is 30.4 Å². The molecule has 5 nitrogen and oxygen atoms in total. The lowest BCUT2D eigenvalue weighted by Crippen LogP contribution is -2.02. The van der Waals surface area contributed by atoms with Crippen molar-refractivity contribution >= 4 is 11.4 Å². The summed E-state index contributed by atoms with van der Waals surface area (Å²) in [6.07, 6.45) is 3.72. The molecule has 0 saturated carbocycles. The molecular weight excluding hydrogens is 206 g/mol. The molecule has 0 aliphatic carbocycles. The van der Waals surface area contributed by atoms with E-state index in [2.05, 4.69) is 5.32 Å². The topological polar surface area (TPSA) is 81.2 Å². The van der Waals surface area contributed by atoms with E-state index in [1.807, 2.05) is 19.1 Å². The molecule has 0 spiro atoms. The number of nitrogens with one attached hydrogen (secondary N) is 1. The maximum Gasteiger partial charge on any atom is 0.271 e. The molecule has 0 heterocycles. The molecule has 1 aromatic carbocycles. The molecule has 1 aromatic rings. The Hall–Kier alpha value is -1.88. The number of aryl methyl sites for hydroxylation is 1. The molecule has 0 aliphatic rings. The number of anilines is 1. The summed E-state index contributed by atoms with van der Waals surface area (Å²) in [6, 6.07) is 4.76. The number of nitro benzene ring substituents is 1. The highest BCUT2D eigenvalue weighted by Crippen LogP contribution is 2.21. The molecule has 0 aliphatic heterocycles. The van der Waals surface area contributed by atoms with Gasteiger partial charge in [0.05, 0.1) is 4.92 Å². The van der Waals surface area contributed by atoms with Gasteiger partial charge in [-0.1, -0.05) is 18.2 Å². The zero-order valence-corrected chi connectivity index (χ0v) is 9.14. The smallest absolute Gasteiger partial charge is 0.271 e. The molecule has 86 valence electrons. The van der Waals surface area contributed by atoms with Crippen molar-refractivity contribution in [2.24, 2.45) is 5.73 Å². The van der Waals surface area contributed by atoms with Crippen molar-refractivity contribution in [3.63, 3.8) is 0 Å². The lowest BCUT2D eigenvalue weighted by atomic mass is 10.2. The average molecular weight is 221 g/mol. The molecule has 0 aromatic heterocycles.